The van der Waals surface area contributed by atoms with E-state index in [1.165, 1.54) is 0 Å². The first-order valence-corrected chi connectivity index (χ1v) is 5.98. The zero-order valence-electron chi connectivity index (χ0n) is 10.7. The summed E-state index contributed by atoms with van der Waals surface area (Å²) < 4.78 is 3.67. The Morgan fingerprint density at radius 3 is 2.61 bits per heavy atom. The summed E-state index contributed by atoms with van der Waals surface area (Å²) in [5.74, 6) is 1.19. The van der Waals surface area contributed by atoms with E-state index >= 15 is 0 Å². The largest absolute Gasteiger partial charge is 0.275 e. The van der Waals surface area contributed by atoms with Crippen LogP contribution in [0.4, 0.5) is 0 Å². The van der Waals surface area contributed by atoms with Crippen LogP contribution in [0.15, 0.2) is 30.9 Å². The van der Waals surface area contributed by atoms with Crippen molar-refractivity contribution in [2.24, 2.45) is 7.05 Å². The van der Waals surface area contributed by atoms with Crippen LogP contribution in [-0.2, 0) is 7.05 Å². The molecule has 0 aliphatic heterocycles. The Bertz CT molecular complexity index is 692. The second kappa shape index (κ2) is 3.94. The Morgan fingerprint density at radius 1 is 1.11 bits per heavy atom. The number of rotatable bonds is 2. The van der Waals surface area contributed by atoms with Crippen molar-refractivity contribution in [2.75, 3.05) is 0 Å². The van der Waals surface area contributed by atoms with Crippen molar-refractivity contribution in [3.05, 3.63) is 36.7 Å². The third kappa shape index (κ3) is 1.77. The molecule has 3 aromatic heterocycles. The Balaban J connectivity index is 2.11. The van der Waals surface area contributed by atoms with Gasteiger partial charge in [0.15, 0.2) is 5.82 Å². The van der Waals surface area contributed by atoms with Gasteiger partial charge in [0, 0.05) is 36.5 Å². The number of aromatic nitrogens is 5. The van der Waals surface area contributed by atoms with Gasteiger partial charge in [-0.25, -0.2) is 9.50 Å². The van der Waals surface area contributed by atoms with Crippen molar-refractivity contribution in [3.63, 3.8) is 0 Å². The molecule has 0 aliphatic carbocycles. The molecular weight excluding hydrogens is 226 g/mol. The molecule has 0 saturated heterocycles. The summed E-state index contributed by atoms with van der Waals surface area (Å²) in [6.45, 7) is 4.18. The van der Waals surface area contributed by atoms with E-state index in [-0.39, 0.29) is 0 Å². The van der Waals surface area contributed by atoms with Gasteiger partial charge in [0.1, 0.15) is 0 Å². The summed E-state index contributed by atoms with van der Waals surface area (Å²) >= 11 is 0. The lowest BCUT2D eigenvalue weighted by molar-refractivity contribution is 0.720. The van der Waals surface area contributed by atoms with Crippen LogP contribution >= 0.6 is 0 Å². The molecule has 0 spiro atoms. The first-order chi connectivity index (χ1) is 8.63. The maximum absolute atomic E-state index is 4.51. The highest BCUT2D eigenvalue weighted by Gasteiger charge is 2.08. The average Bonchev–Trinajstić information content (AvgIpc) is 2.93. The van der Waals surface area contributed by atoms with E-state index in [2.05, 4.69) is 35.1 Å². The van der Waals surface area contributed by atoms with Crippen molar-refractivity contribution in [1.29, 1.82) is 0 Å². The number of hydrogen-bond acceptors (Lipinski definition) is 3. The van der Waals surface area contributed by atoms with Gasteiger partial charge in [-0.05, 0) is 6.07 Å². The Labute approximate surface area is 105 Å². The van der Waals surface area contributed by atoms with Crippen LogP contribution in [0.25, 0.3) is 16.6 Å². The number of nitrogens with zero attached hydrogens (tertiary/aromatic N) is 5. The molecule has 0 radical (unpaired) electrons. The van der Waals surface area contributed by atoms with E-state index in [0.717, 1.165) is 22.5 Å². The molecule has 0 saturated carbocycles. The zero-order valence-corrected chi connectivity index (χ0v) is 10.7. The first kappa shape index (κ1) is 11.0. The minimum Gasteiger partial charge on any atom is -0.275 e. The van der Waals surface area contributed by atoms with E-state index < -0.39 is 0 Å². The van der Waals surface area contributed by atoms with Crippen LogP contribution in [-0.4, -0.2) is 24.4 Å². The van der Waals surface area contributed by atoms with Crippen LogP contribution < -0.4 is 0 Å². The van der Waals surface area contributed by atoms with Crippen LogP contribution in [0.1, 0.15) is 25.6 Å². The second-order valence-corrected chi connectivity index (χ2v) is 4.77. The highest BCUT2D eigenvalue weighted by molar-refractivity contribution is 5.68. The predicted octanol–water partition coefficient (Wildman–Crippen LogP) is 2.25. The SMILES string of the molecule is CC(C)c1ncc2cc(-c3cnn(C)c3)cn2n1. The van der Waals surface area contributed by atoms with E-state index in [9.17, 15) is 0 Å². The molecule has 5 nitrogen and oxygen atoms in total. The van der Waals surface area contributed by atoms with Crippen LogP contribution in [0.2, 0.25) is 0 Å². The molecule has 0 aromatic carbocycles. The fourth-order valence-corrected chi connectivity index (χ4v) is 1.91. The van der Waals surface area contributed by atoms with Crippen molar-refractivity contribution in [1.82, 2.24) is 24.4 Å². The quantitative estimate of drug-likeness (QED) is 0.691. The summed E-state index contributed by atoms with van der Waals surface area (Å²) in [6.07, 6.45) is 7.72. The van der Waals surface area contributed by atoms with E-state index in [0.29, 0.717) is 5.92 Å². The minimum atomic E-state index is 0.332. The van der Waals surface area contributed by atoms with Gasteiger partial charge in [-0.3, -0.25) is 4.68 Å². The molecule has 0 N–H and O–H groups in total. The number of fused-ring (bicyclic) bond motifs is 1. The standard InChI is InChI=1S/C13H15N5/c1-9(2)13-14-6-12-4-10(8-18(12)16-13)11-5-15-17(3)7-11/h4-9H,1-3H3. The van der Waals surface area contributed by atoms with Crippen molar-refractivity contribution < 1.29 is 0 Å². The Morgan fingerprint density at radius 2 is 1.94 bits per heavy atom. The fraction of sp³-hybridized carbons (Fsp3) is 0.308. The molecular formula is C13H15N5. The molecule has 0 atom stereocenters. The van der Waals surface area contributed by atoms with E-state index in [4.69, 9.17) is 0 Å². The highest BCUT2D eigenvalue weighted by Crippen LogP contribution is 2.21. The predicted molar refractivity (Wildman–Crippen MR) is 69.3 cm³/mol. The molecule has 18 heavy (non-hydrogen) atoms. The molecule has 0 aliphatic rings. The van der Waals surface area contributed by atoms with Gasteiger partial charge in [-0.2, -0.15) is 10.2 Å². The maximum atomic E-state index is 4.51. The lowest BCUT2D eigenvalue weighted by Gasteiger charge is -2.02. The molecule has 0 bridgehead atoms. The third-order valence-electron chi connectivity index (χ3n) is 2.92. The van der Waals surface area contributed by atoms with Crippen molar-refractivity contribution in [3.8, 4) is 11.1 Å². The lowest BCUT2D eigenvalue weighted by atomic mass is 10.2. The summed E-state index contributed by atoms with van der Waals surface area (Å²) in [6, 6.07) is 2.07. The molecule has 3 rings (SSSR count). The third-order valence-corrected chi connectivity index (χ3v) is 2.92. The van der Waals surface area contributed by atoms with Crippen LogP contribution in [0.3, 0.4) is 0 Å². The van der Waals surface area contributed by atoms with Gasteiger partial charge >= 0.3 is 0 Å². The van der Waals surface area contributed by atoms with Gasteiger partial charge < -0.3 is 0 Å². The van der Waals surface area contributed by atoms with E-state index in [1.807, 2.05) is 36.4 Å². The Hall–Kier alpha value is -2.17. The minimum absolute atomic E-state index is 0.332. The molecule has 3 aromatic rings. The van der Waals surface area contributed by atoms with Gasteiger partial charge in [0.2, 0.25) is 0 Å². The van der Waals surface area contributed by atoms with Gasteiger partial charge in [-0.1, -0.05) is 13.8 Å². The van der Waals surface area contributed by atoms with Crippen molar-refractivity contribution in [2.45, 2.75) is 19.8 Å². The number of hydrogen-bond donors (Lipinski definition) is 0. The molecule has 5 heteroatoms. The highest BCUT2D eigenvalue weighted by atomic mass is 15.3. The van der Waals surface area contributed by atoms with Crippen LogP contribution in [0, 0.1) is 0 Å². The van der Waals surface area contributed by atoms with Crippen molar-refractivity contribution >= 4 is 5.52 Å². The molecule has 3 heterocycles. The topological polar surface area (TPSA) is 48.0 Å². The second-order valence-electron chi connectivity index (χ2n) is 4.77. The normalized spacial score (nSPS) is 11.6. The molecule has 92 valence electrons. The fourth-order valence-electron chi connectivity index (χ4n) is 1.91. The van der Waals surface area contributed by atoms with Gasteiger partial charge in [0.05, 0.1) is 17.9 Å². The smallest absolute Gasteiger partial charge is 0.151 e. The first-order valence-electron chi connectivity index (χ1n) is 5.98. The lowest BCUT2D eigenvalue weighted by Crippen LogP contribution is -2.01. The van der Waals surface area contributed by atoms with Gasteiger partial charge in [-0.15, -0.1) is 0 Å². The molecule has 0 fully saturated rings. The zero-order chi connectivity index (χ0) is 12.7. The Kier molecular flexibility index (Phi) is 2.40. The average molecular weight is 241 g/mol. The maximum Gasteiger partial charge on any atom is 0.151 e. The summed E-state index contributed by atoms with van der Waals surface area (Å²) in [7, 11) is 1.91. The van der Waals surface area contributed by atoms with Crippen LogP contribution in [0.5, 0.6) is 0 Å². The number of aryl methyl sites for hydroxylation is 1. The summed E-state index contributed by atoms with van der Waals surface area (Å²) in [5, 5.41) is 8.69. The summed E-state index contributed by atoms with van der Waals surface area (Å²) in [4.78, 5) is 4.37. The van der Waals surface area contributed by atoms with E-state index in [1.54, 1.807) is 4.68 Å². The van der Waals surface area contributed by atoms with Gasteiger partial charge in [0.25, 0.3) is 0 Å². The summed E-state index contributed by atoms with van der Waals surface area (Å²) in [5.41, 5.74) is 3.20. The monoisotopic (exact) mass is 241 g/mol. The molecule has 0 amide bonds. The molecule has 0 unspecified atom stereocenters.